The van der Waals surface area contributed by atoms with E-state index >= 15 is 0 Å². The number of amides is 1. The Kier molecular flexibility index (Phi) is 6.52. The minimum atomic E-state index is -0.462. The molecule has 0 fully saturated rings. The maximum Gasteiger partial charge on any atom is 0.326 e. The van der Waals surface area contributed by atoms with Crippen molar-refractivity contribution in [2.75, 3.05) is 17.2 Å². The Bertz CT molecular complexity index is 756. The lowest BCUT2D eigenvalue weighted by Crippen LogP contribution is -2.14. The summed E-state index contributed by atoms with van der Waals surface area (Å²) in [4.78, 5) is 22.9. The van der Waals surface area contributed by atoms with E-state index in [1.807, 2.05) is 26.0 Å². The summed E-state index contributed by atoms with van der Waals surface area (Å²) in [5, 5.41) is 17.4. The Balaban J connectivity index is 2.18. The van der Waals surface area contributed by atoms with Crippen LogP contribution in [0.3, 0.4) is 0 Å². The summed E-state index contributed by atoms with van der Waals surface area (Å²) in [7, 11) is 0. The van der Waals surface area contributed by atoms with Crippen molar-refractivity contribution in [2.45, 2.75) is 39.5 Å². The van der Waals surface area contributed by atoms with Gasteiger partial charge in [0.2, 0.25) is 0 Å². The van der Waals surface area contributed by atoms with Crippen LogP contribution >= 0.6 is 11.3 Å². The maximum atomic E-state index is 12.6. The van der Waals surface area contributed by atoms with Gasteiger partial charge in [0.25, 0.3) is 5.91 Å². The van der Waals surface area contributed by atoms with Crippen LogP contribution in [0.4, 0.5) is 15.7 Å². The molecular weight excluding hydrogens is 338 g/mol. The van der Waals surface area contributed by atoms with Crippen LogP contribution in [0.25, 0.3) is 0 Å². The Labute approximate surface area is 151 Å². The van der Waals surface area contributed by atoms with Crippen LogP contribution in [-0.2, 0) is 0 Å². The second kappa shape index (κ2) is 8.62. The molecule has 0 aliphatic carbocycles. The van der Waals surface area contributed by atoms with Gasteiger partial charge in [0.05, 0.1) is 4.92 Å². The zero-order chi connectivity index (χ0) is 18.4. The molecule has 0 saturated heterocycles. The Morgan fingerprint density at radius 1 is 1.28 bits per heavy atom. The molecule has 0 unspecified atom stereocenters. The average Bonchev–Trinajstić information content (AvgIpc) is 3.03. The molecule has 0 atom stereocenters. The van der Waals surface area contributed by atoms with E-state index in [9.17, 15) is 14.9 Å². The molecule has 134 valence electrons. The maximum absolute atomic E-state index is 12.6. The van der Waals surface area contributed by atoms with E-state index < -0.39 is 4.92 Å². The highest BCUT2D eigenvalue weighted by Gasteiger charge is 2.17. The normalized spacial score (nSPS) is 10.7. The van der Waals surface area contributed by atoms with E-state index in [-0.39, 0.29) is 16.8 Å². The van der Waals surface area contributed by atoms with Crippen LogP contribution in [0.15, 0.2) is 30.3 Å². The summed E-state index contributed by atoms with van der Waals surface area (Å²) < 4.78 is 0. The summed E-state index contributed by atoms with van der Waals surface area (Å²) in [5.74, 6) is -0.0631. The summed E-state index contributed by atoms with van der Waals surface area (Å²) in [5.41, 5.74) is 2.54. The minimum absolute atomic E-state index is 0.00913. The van der Waals surface area contributed by atoms with Crippen LogP contribution in [0.2, 0.25) is 0 Å². The van der Waals surface area contributed by atoms with Crippen LogP contribution in [0, 0.1) is 10.1 Å². The fourth-order valence-corrected chi connectivity index (χ4v) is 3.15. The summed E-state index contributed by atoms with van der Waals surface area (Å²) >= 11 is 0.952. The number of nitrogens with zero attached hydrogens (tertiary/aromatic N) is 1. The van der Waals surface area contributed by atoms with Gasteiger partial charge in [-0.1, -0.05) is 27.2 Å². The van der Waals surface area contributed by atoms with Crippen molar-refractivity contribution in [3.8, 4) is 0 Å². The molecule has 2 N–H and O–H groups in total. The van der Waals surface area contributed by atoms with Crippen LogP contribution in [0.1, 0.15) is 55.5 Å². The highest BCUT2D eigenvalue weighted by Crippen LogP contribution is 2.30. The van der Waals surface area contributed by atoms with E-state index in [1.54, 1.807) is 12.1 Å². The topological polar surface area (TPSA) is 84.3 Å². The second-order valence-electron chi connectivity index (χ2n) is 6.09. The predicted octanol–water partition coefficient (Wildman–Crippen LogP) is 5.24. The number of nitrogens with one attached hydrogen (secondary N) is 2. The number of anilines is 2. The lowest BCUT2D eigenvalue weighted by Gasteiger charge is -2.15. The molecule has 0 aliphatic rings. The minimum Gasteiger partial charge on any atom is -0.385 e. The second-order valence-corrected chi connectivity index (χ2v) is 7.15. The number of carbonyl (C=O) groups is 1. The Morgan fingerprint density at radius 3 is 2.64 bits per heavy atom. The molecule has 2 aromatic rings. The van der Waals surface area contributed by atoms with Crippen molar-refractivity contribution in [1.82, 2.24) is 0 Å². The number of thiophene rings is 1. The monoisotopic (exact) mass is 361 g/mol. The van der Waals surface area contributed by atoms with Crippen molar-refractivity contribution >= 4 is 32.9 Å². The third kappa shape index (κ3) is 5.03. The third-order valence-corrected chi connectivity index (χ3v) is 4.74. The first-order chi connectivity index (χ1) is 11.9. The smallest absolute Gasteiger partial charge is 0.326 e. The van der Waals surface area contributed by atoms with E-state index in [4.69, 9.17) is 0 Å². The number of carbonyl (C=O) groups excluding carboxylic acids is 1. The van der Waals surface area contributed by atoms with Crippen molar-refractivity contribution in [1.29, 1.82) is 0 Å². The van der Waals surface area contributed by atoms with Gasteiger partial charge in [0.15, 0.2) is 0 Å². The van der Waals surface area contributed by atoms with Gasteiger partial charge in [-0.3, -0.25) is 14.9 Å². The lowest BCUT2D eigenvalue weighted by molar-refractivity contribution is -0.380. The molecule has 25 heavy (non-hydrogen) atoms. The molecule has 0 spiro atoms. The zero-order valence-electron chi connectivity index (χ0n) is 14.7. The summed E-state index contributed by atoms with van der Waals surface area (Å²) in [6, 6.07) is 8.65. The quantitative estimate of drug-likeness (QED) is 0.382. The molecule has 0 saturated carbocycles. The number of unbranched alkanes of at least 4 members (excludes halogenated alkanes) is 1. The zero-order valence-corrected chi connectivity index (χ0v) is 15.5. The van der Waals surface area contributed by atoms with Crippen LogP contribution in [0.5, 0.6) is 0 Å². The molecule has 1 aromatic carbocycles. The van der Waals surface area contributed by atoms with Gasteiger partial charge < -0.3 is 10.6 Å². The molecule has 0 aliphatic heterocycles. The van der Waals surface area contributed by atoms with Crippen molar-refractivity contribution in [3.05, 3.63) is 51.6 Å². The molecule has 7 heteroatoms. The first-order valence-electron chi connectivity index (χ1n) is 8.35. The van der Waals surface area contributed by atoms with Crippen molar-refractivity contribution in [3.63, 3.8) is 0 Å². The van der Waals surface area contributed by atoms with Gasteiger partial charge >= 0.3 is 5.00 Å². The molecule has 0 bridgehead atoms. The fraction of sp³-hybridized carbons (Fsp3) is 0.389. The number of nitro groups is 1. The SMILES string of the molecule is CCCCNc1ccc(C(=O)Nc2ccc([N+](=O)[O-])s2)c(C(C)C)c1. The molecular formula is C18H23N3O3S. The lowest BCUT2D eigenvalue weighted by atomic mass is 9.96. The molecule has 0 radical (unpaired) electrons. The van der Waals surface area contributed by atoms with Gasteiger partial charge in [-0.15, -0.1) is 0 Å². The Hall–Kier alpha value is -2.41. The molecule has 1 heterocycles. The highest BCUT2D eigenvalue weighted by atomic mass is 32.1. The number of hydrogen-bond donors (Lipinski definition) is 2. The molecule has 2 rings (SSSR count). The first kappa shape index (κ1) is 18.9. The van der Waals surface area contributed by atoms with Crippen molar-refractivity contribution in [2.24, 2.45) is 0 Å². The third-order valence-electron chi connectivity index (χ3n) is 3.79. The predicted molar refractivity (Wildman–Crippen MR) is 103 cm³/mol. The largest absolute Gasteiger partial charge is 0.385 e. The van der Waals surface area contributed by atoms with E-state index in [2.05, 4.69) is 17.6 Å². The summed E-state index contributed by atoms with van der Waals surface area (Å²) in [6.07, 6.45) is 2.22. The number of hydrogen-bond acceptors (Lipinski definition) is 5. The summed E-state index contributed by atoms with van der Waals surface area (Å²) in [6.45, 7) is 7.12. The molecule has 6 nitrogen and oxygen atoms in total. The van der Waals surface area contributed by atoms with Gasteiger partial charge in [-0.2, -0.15) is 0 Å². The Morgan fingerprint density at radius 2 is 2.04 bits per heavy atom. The number of rotatable bonds is 8. The molecule has 1 amide bonds. The van der Waals surface area contributed by atoms with Gasteiger partial charge in [-0.25, -0.2) is 0 Å². The average molecular weight is 361 g/mol. The molecule has 1 aromatic heterocycles. The highest BCUT2D eigenvalue weighted by molar-refractivity contribution is 7.19. The number of benzene rings is 1. The van der Waals surface area contributed by atoms with E-state index in [1.165, 1.54) is 6.07 Å². The van der Waals surface area contributed by atoms with Gasteiger partial charge in [-0.05, 0) is 53.5 Å². The van der Waals surface area contributed by atoms with Crippen molar-refractivity contribution < 1.29 is 9.72 Å². The fourth-order valence-electron chi connectivity index (χ4n) is 2.44. The van der Waals surface area contributed by atoms with E-state index in [0.717, 1.165) is 42.0 Å². The standard InChI is InChI=1S/C18H23N3O3S/c1-4-5-10-19-13-6-7-14(15(11-13)12(2)3)18(22)20-16-8-9-17(25-16)21(23)24/h6-9,11-12,19H,4-5,10H2,1-3H3,(H,20,22). The van der Waals surface area contributed by atoms with Gasteiger partial charge in [0, 0.05) is 23.9 Å². The van der Waals surface area contributed by atoms with Crippen LogP contribution < -0.4 is 10.6 Å². The first-order valence-corrected chi connectivity index (χ1v) is 9.17. The van der Waals surface area contributed by atoms with Crippen LogP contribution in [-0.4, -0.2) is 17.4 Å². The van der Waals surface area contributed by atoms with Gasteiger partial charge in [0.1, 0.15) is 5.00 Å². The van der Waals surface area contributed by atoms with E-state index in [0.29, 0.717) is 10.6 Å².